The number of aliphatic hydroxyl groups is 1. The number of piperidine rings is 1. The number of hydrogen-bond acceptors (Lipinski definition) is 2. The van der Waals surface area contributed by atoms with Crippen molar-refractivity contribution < 1.29 is 9.90 Å². The second-order valence-electron chi connectivity index (χ2n) is 4.62. The lowest BCUT2D eigenvalue weighted by Crippen LogP contribution is -2.49. The summed E-state index contributed by atoms with van der Waals surface area (Å²) < 4.78 is 0. The van der Waals surface area contributed by atoms with Crippen LogP contribution in [0.3, 0.4) is 0 Å². The van der Waals surface area contributed by atoms with E-state index in [0.29, 0.717) is 5.92 Å². The van der Waals surface area contributed by atoms with Gasteiger partial charge in [-0.05, 0) is 25.7 Å². The molecule has 1 rings (SSSR count). The van der Waals surface area contributed by atoms with Crippen molar-refractivity contribution in [1.29, 1.82) is 0 Å². The molecular weight excluding hydrogens is 192 g/mol. The van der Waals surface area contributed by atoms with Gasteiger partial charge in [-0.25, -0.2) is 4.79 Å². The van der Waals surface area contributed by atoms with Crippen molar-refractivity contribution in [3.05, 3.63) is 0 Å². The third kappa shape index (κ3) is 3.09. The normalized spacial score (nSPS) is 23.7. The largest absolute Gasteiger partial charge is 0.394 e. The molecule has 1 aliphatic heterocycles. The van der Waals surface area contributed by atoms with E-state index in [-0.39, 0.29) is 18.7 Å². The number of rotatable bonds is 2. The molecule has 0 saturated carbocycles. The third-order valence-electron chi connectivity index (χ3n) is 3.15. The van der Waals surface area contributed by atoms with Crippen LogP contribution in [0.5, 0.6) is 0 Å². The van der Waals surface area contributed by atoms with Gasteiger partial charge in [-0.1, -0.05) is 6.92 Å². The van der Waals surface area contributed by atoms with Gasteiger partial charge in [0.1, 0.15) is 0 Å². The SMILES string of the molecule is CC1CCCN(C(=O)N(C)C(C)CO)C1. The minimum Gasteiger partial charge on any atom is -0.394 e. The lowest BCUT2D eigenvalue weighted by Gasteiger charge is -2.35. The second-order valence-corrected chi connectivity index (χ2v) is 4.62. The van der Waals surface area contributed by atoms with Crippen LogP contribution in [0.15, 0.2) is 0 Å². The molecule has 1 N–H and O–H groups in total. The first kappa shape index (κ1) is 12.3. The van der Waals surface area contributed by atoms with Gasteiger partial charge in [0, 0.05) is 20.1 Å². The molecule has 4 nitrogen and oxygen atoms in total. The molecule has 2 unspecified atom stereocenters. The maximum absolute atomic E-state index is 12.0. The predicted octanol–water partition coefficient (Wildman–Crippen LogP) is 1.15. The summed E-state index contributed by atoms with van der Waals surface area (Å²) in [7, 11) is 1.75. The molecule has 0 aromatic heterocycles. The van der Waals surface area contributed by atoms with E-state index in [4.69, 9.17) is 5.11 Å². The zero-order valence-corrected chi connectivity index (χ0v) is 9.94. The average Bonchev–Trinajstić information content (AvgIpc) is 2.26. The zero-order valence-electron chi connectivity index (χ0n) is 9.94. The van der Waals surface area contributed by atoms with Gasteiger partial charge < -0.3 is 14.9 Å². The van der Waals surface area contributed by atoms with Crippen LogP contribution in [0.2, 0.25) is 0 Å². The molecule has 1 aliphatic rings. The van der Waals surface area contributed by atoms with Crippen LogP contribution < -0.4 is 0 Å². The van der Waals surface area contributed by atoms with E-state index in [9.17, 15) is 4.79 Å². The first-order valence-electron chi connectivity index (χ1n) is 5.68. The van der Waals surface area contributed by atoms with Crippen molar-refractivity contribution in [3.8, 4) is 0 Å². The summed E-state index contributed by atoms with van der Waals surface area (Å²) in [5.41, 5.74) is 0. The van der Waals surface area contributed by atoms with Gasteiger partial charge in [-0.2, -0.15) is 0 Å². The minimum atomic E-state index is -0.102. The smallest absolute Gasteiger partial charge is 0.320 e. The van der Waals surface area contributed by atoms with E-state index in [0.717, 1.165) is 19.5 Å². The number of amides is 2. The fourth-order valence-electron chi connectivity index (χ4n) is 1.90. The highest BCUT2D eigenvalue weighted by atomic mass is 16.3. The summed E-state index contributed by atoms with van der Waals surface area (Å²) in [6, 6.07) is -0.0576. The molecule has 2 amide bonds. The number of aliphatic hydroxyl groups excluding tert-OH is 1. The first-order valence-corrected chi connectivity index (χ1v) is 5.68. The number of urea groups is 1. The van der Waals surface area contributed by atoms with E-state index in [1.165, 1.54) is 6.42 Å². The molecule has 0 aromatic rings. The molecule has 0 bridgehead atoms. The van der Waals surface area contributed by atoms with Crippen molar-refractivity contribution >= 4 is 6.03 Å². The van der Waals surface area contributed by atoms with Crippen molar-refractivity contribution in [2.45, 2.75) is 32.7 Å². The maximum atomic E-state index is 12.0. The Balaban J connectivity index is 2.51. The summed E-state index contributed by atoms with van der Waals surface area (Å²) in [4.78, 5) is 15.5. The topological polar surface area (TPSA) is 43.8 Å². The molecule has 0 radical (unpaired) electrons. The Morgan fingerprint density at radius 1 is 1.67 bits per heavy atom. The van der Waals surface area contributed by atoms with Crippen LogP contribution in [-0.2, 0) is 0 Å². The molecule has 1 saturated heterocycles. The summed E-state index contributed by atoms with van der Waals surface area (Å²) in [6.07, 6.45) is 2.30. The first-order chi connectivity index (χ1) is 7.06. The standard InChI is InChI=1S/C11H22N2O2/c1-9-5-4-6-13(7-9)11(15)12(3)10(2)8-14/h9-10,14H,4-8H2,1-3H3. The van der Waals surface area contributed by atoms with E-state index in [1.54, 1.807) is 11.9 Å². The lowest BCUT2D eigenvalue weighted by atomic mass is 10.0. The van der Waals surface area contributed by atoms with Crippen molar-refractivity contribution in [2.75, 3.05) is 26.7 Å². The molecule has 15 heavy (non-hydrogen) atoms. The quantitative estimate of drug-likeness (QED) is 0.749. The number of likely N-dealkylation sites (tertiary alicyclic amines) is 1. The van der Waals surface area contributed by atoms with Crippen LogP contribution in [0, 0.1) is 5.92 Å². The highest BCUT2D eigenvalue weighted by Gasteiger charge is 2.25. The van der Waals surface area contributed by atoms with Gasteiger partial charge in [0.15, 0.2) is 0 Å². The molecule has 88 valence electrons. The van der Waals surface area contributed by atoms with E-state index < -0.39 is 0 Å². The molecule has 0 aromatic carbocycles. The lowest BCUT2D eigenvalue weighted by molar-refractivity contribution is 0.111. The molecular formula is C11H22N2O2. The fraction of sp³-hybridized carbons (Fsp3) is 0.909. The summed E-state index contributed by atoms with van der Waals surface area (Å²) in [5, 5.41) is 8.99. The minimum absolute atomic E-state index is 0.0195. The van der Waals surface area contributed by atoms with Crippen LogP contribution in [0.25, 0.3) is 0 Å². The summed E-state index contributed by atoms with van der Waals surface area (Å²) >= 11 is 0. The van der Waals surface area contributed by atoms with Crippen molar-refractivity contribution in [1.82, 2.24) is 9.80 Å². The highest BCUT2D eigenvalue weighted by molar-refractivity contribution is 5.74. The van der Waals surface area contributed by atoms with E-state index in [1.807, 2.05) is 11.8 Å². The van der Waals surface area contributed by atoms with Crippen LogP contribution in [0.1, 0.15) is 26.7 Å². The Labute approximate surface area is 91.9 Å². The van der Waals surface area contributed by atoms with Gasteiger partial charge in [-0.15, -0.1) is 0 Å². The Morgan fingerprint density at radius 3 is 2.87 bits per heavy atom. The Kier molecular flexibility index (Phi) is 4.39. The van der Waals surface area contributed by atoms with Crippen molar-refractivity contribution in [3.63, 3.8) is 0 Å². The predicted molar refractivity (Wildman–Crippen MR) is 59.7 cm³/mol. The Morgan fingerprint density at radius 2 is 2.33 bits per heavy atom. The van der Waals surface area contributed by atoms with Crippen LogP contribution >= 0.6 is 0 Å². The van der Waals surface area contributed by atoms with Gasteiger partial charge in [0.25, 0.3) is 0 Å². The number of likely N-dealkylation sites (N-methyl/N-ethyl adjacent to an activating group) is 1. The maximum Gasteiger partial charge on any atom is 0.320 e. The molecule has 0 aliphatic carbocycles. The third-order valence-corrected chi connectivity index (χ3v) is 3.15. The number of hydrogen-bond donors (Lipinski definition) is 1. The molecule has 1 heterocycles. The van der Waals surface area contributed by atoms with Gasteiger partial charge in [0.05, 0.1) is 12.6 Å². The summed E-state index contributed by atoms with van der Waals surface area (Å²) in [5.74, 6) is 0.598. The molecule has 1 fully saturated rings. The molecule has 4 heteroatoms. The average molecular weight is 214 g/mol. The second kappa shape index (κ2) is 5.35. The van der Waals surface area contributed by atoms with Crippen LogP contribution in [0.4, 0.5) is 4.79 Å². The summed E-state index contributed by atoms with van der Waals surface area (Å²) in [6.45, 7) is 5.75. The van der Waals surface area contributed by atoms with Gasteiger partial charge in [-0.3, -0.25) is 0 Å². The monoisotopic (exact) mass is 214 g/mol. The molecule has 2 atom stereocenters. The highest BCUT2D eigenvalue weighted by Crippen LogP contribution is 2.17. The fourth-order valence-corrected chi connectivity index (χ4v) is 1.90. The Hall–Kier alpha value is -0.770. The van der Waals surface area contributed by atoms with Gasteiger partial charge in [0.2, 0.25) is 0 Å². The van der Waals surface area contributed by atoms with Crippen molar-refractivity contribution in [2.24, 2.45) is 5.92 Å². The molecule has 0 spiro atoms. The van der Waals surface area contributed by atoms with E-state index in [2.05, 4.69) is 6.92 Å². The zero-order chi connectivity index (χ0) is 11.4. The number of carbonyl (C=O) groups is 1. The van der Waals surface area contributed by atoms with Gasteiger partial charge >= 0.3 is 6.03 Å². The Bertz CT molecular complexity index is 221. The number of carbonyl (C=O) groups excluding carboxylic acids is 1. The van der Waals surface area contributed by atoms with Crippen LogP contribution in [-0.4, -0.2) is 53.7 Å². The number of nitrogens with zero attached hydrogens (tertiary/aromatic N) is 2. The van der Waals surface area contributed by atoms with E-state index >= 15 is 0 Å².